The number of piperidine rings is 1. The molecule has 0 amide bonds. The number of benzene rings is 1. The monoisotopic (exact) mass is 372 g/mol. The molecule has 0 N–H and O–H groups in total. The summed E-state index contributed by atoms with van der Waals surface area (Å²) in [5.41, 5.74) is 2.96. The molecule has 0 radical (unpaired) electrons. The van der Waals surface area contributed by atoms with E-state index in [0.717, 1.165) is 23.9 Å². The van der Waals surface area contributed by atoms with Gasteiger partial charge in [0, 0.05) is 38.0 Å². The van der Waals surface area contributed by atoms with Crippen LogP contribution in [0, 0.1) is 5.92 Å². The molecule has 2 aliphatic carbocycles. The largest absolute Gasteiger partial charge is 0.427 e. The lowest BCUT2D eigenvalue weighted by Gasteiger charge is -2.60. The molecular formula is C22H30NO4+. The molecule has 1 heterocycles. The Bertz CT molecular complexity index is 776. The van der Waals surface area contributed by atoms with Crippen molar-refractivity contribution in [2.75, 3.05) is 20.3 Å². The Morgan fingerprint density at radius 1 is 1.19 bits per heavy atom. The number of rotatable bonds is 3. The van der Waals surface area contributed by atoms with Gasteiger partial charge in [0.15, 0.2) is 0 Å². The standard InChI is InChI=1S/C22H30NO4/c1-15(24)26-14-23(3)11-10-22-9-5-4-6-19(22)21(23)12-17-7-8-18(13-20(17)22)27-16(2)25/h7-8,13,19,21H,4-6,9-12,14H2,1-3H3/q+1/t19-,21+,22+,23?/m0/s1. The van der Waals surface area contributed by atoms with Crippen LogP contribution in [-0.4, -0.2) is 42.8 Å². The average Bonchev–Trinajstić information content (AvgIpc) is 2.63. The Kier molecular flexibility index (Phi) is 4.53. The first-order valence-corrected chi connectivity index (χ1v) is 10.1. The molecule has 4 rings (SSSR count). The topological polar surface area (TPSA) is 52.6 Å². The summed E-state index contributed by atoms with van der Waals surface area (Å²) < 4.78 is 11.7. The van der Waals surface area contributed by atoms with Gasteiger partial charge in [-0.3, -0.25) is 14.1 Å². The molecule has 3 aliphatic rings. The molecular weight excluding hydrogens is 342 g/mol. The first-order chi connectivity index (χ1) is 12.8. The molecule has 1 aromatic carbocycles. The van der Waals surface area contributed by atoms with Gasteiger partial charge in [-0.2, -0.15) is 0 Å². The van der Waals surface area contributed by atoms with Crippen molar-refractivity contribution in [1.29, 1.82) is 0 Å². The lowest BCUT2D eigenvalue weighted by atomic mass is 9.52. The van der Waals surface area contributed by atoms with E-state index in [9.17, 15) is 9.59 Å². The fraction of sp³-hybridized carbons (Fsp3) is 0.636. The number of hydrogen-bond donors (Lipinski definition) is 0. The molecule has 2 bridgehead atoms. The Morgan fingerprint density at radius 3 is 2.74 bits per heavy atom. The van der Waals surface area contributed by atoms with E-state index in [1.807, 2.05) is 6.07 Å². The second-order valence-electron chi connectivity index (χ2n) is 8.91. The van der Waals surface area contributed by atoms with Crippen molar-refractivity contribution in [3.8, 4) is 5.75 Å². The van der Waals surface area contributed by atoms with E-state index >= 15 is 0 Å². The third-order valence-corrected chi connectivity index (χ3v) is 7.30. The number of quaternary nitrogens is 1. The van der Waals surface area contributed by atoms with Crippen LogP contribution >= 0.6 is 0 Å². The molecule has 5 heteroatoms. The molecule has 2 fully saturated rings. The van der Waals surface area contributed by atoms with Crippen LogP contribution in [0.15, 0.2) is 18.2 Å². The maximum atomic E-state index is 11.4. The minimum absolute atomic E-state index is 0.181. The number of hydrogen-bond acceptors (Lipinski definition) is 4. The second-order valence-corrected chi connectivity index (χ2v) is 8.91. The summed E-state index contributed by atoms with van der Waals surface area (Å²) in [6.07, 6.45) is 7.07. The van der Waals surface area contributed by atoms with Gasteiger partial charge < -0.3 is 9.47 Å². The fourth-order valence-corrected chi connectivity index (χ4v) is 6.07. The molecule has 4 atom stereocenters. The van der Waals surface area contributed by atoms with Gasteiger partial charge in [-0.05, 0) is 36.1 Å². The number of ether oxygens (including phenoxy) is 2. The van der Waals surface area contributed by atoms with Gasteiger partial charge in [-0.1, -0.05) is 18.9 Å². The maximum absolute atomic E-state index is 11.4. The van der Waals surface area contributed by atoms with Gasteiger partial charge in [0.2, 0.25) is 6.73 Å². The van der Waals surface area contributed by atoms with E-state index in [0.29, 0.717) is 24.4 Å². The van der Waals surface area contributed by atoms with Gasteiger partial charge in [-0.25, -0.2) is 0 Å². The van der Waals surface area contributed by atoms with Crippen molar-refractivity contribution in [2.24, 2.45) is 5.92 Å². The smallest absolute Gasteiger partial charge is 0.308 e. The van der Waals surface area contributed by atoms with Crippen molar-refractivity contribution in [3.05, 3.63) is 29.3 Å². The van der Waals surface area contributed by atoms with Crippen LogP contribution in [0.4, 0.5) is 0 Å². The van der Waals surface area contributed by atoms with Gasteiger partial charge in [0.25, 0.3) is 0 Å². The van der Waals surface area contributed by atoms with Gasteiger partial charge >= 0.3 is 11.9 Å². The molecule has 1 saturated heterocycles. The second kappa shape index (κ2) is 6.62. The van der Waals surface area contributed by atoms with Gasteiger partial charge in [0.05, 0.1) is 19.6 Å². The Balaban J connectivity index is 1.74. The summed E-state index contributed by atoms with van der Waals surface area (Å²) in [7, 11) is 2.25. The van der Waals surface area contributed by atoms with E-state index in [2.05, 4.69) is 19.2 Å². The van der Waals surface area contributed by atoms with Crippen molar-refractivity contribution >= 4 is 11.9 Å². The summed E-state index contributed by atoms with van der Waals surface area (Å²) in [5.74, 6) is 0.800. The normalized spacial score (nSPS) is 34.2. The van der Waals surface area contributed by atoms with E-state index in [-0.39, 0.29) is 17.4 Å². The van der Waals surface area contributed by atoms with Crippen molar-refractivity contribution < 1.29 is 23.5 Å². The third-order valence-electron chi connectivity index (χ3n) is 7.30. The van der Waals surface area contributed by atoms with Crippen LogP contribution in [0.5, 0.6) is 5.75 Å². The zero-order chi connectivity index (χ0) is 19.2. The molecule has 0 spiro atoms. The summed E-state index contributed by atoms with van der Waals surface area (Å²) in [4.78, 5) is 22.9. The van der Waals surface area contributed by atoms with Crippen LogP contribution in [0.25, 0.3) is 0 Å². The first kappa shape index (κ1) is 18.5. The Hall–Kier alpha value is -1.88. The highest BCUT2D eigenvalue weighted by atomic mass is 16.5. The zero-order valence-electron chi connectivity index (χ0n) is 16.6. The van der Waals surface area contributed by atoms with Crippen LogP contribution < -0.4 is 4.74 Å². The van der Waals surface area contributed by atoms with E-state index in [1.165, 1.54) is 50.7 Å². The van der Waals surface area contributed by atoms with E-state index in [4.69, 9.17) is 9.47 Å². The quantitative estimate of drug-likeness (QED) is 0.464. The van der Waals surface area contributed by atoms with Crippen LogP contribution in [0.1, 0.15) is 57.1 Å². The molecule has 1 saturated carbocycles. The summed E-state index contributed by atoms with van der Waals surface area (Å²) in [6, 6.07) is 6.68. The van der Waals surface area contributed by atoms with Crippen LogP contribution in [0.3, 0.4) is 0 Å². The highest BCUT2D eigenvalue weighted by Gasteiger charge is 2.59. The highest BCUT2D eigenvalue weighted by Crippen LogP contribution is 2.57. The molecule has 0 aromatic heterocycles. The van der Waals surface area contributed by atoms with E-state index < -0.39 is 0 Å². The molecule has 1 aromatic rings. The highest BCUT2D eigenvalue weighted by molar-refractivity contribution is 5.69. The molecule has 1 aliphatic heterocycles. The number of fused-ring (bicyclic) bond motifs is 1. The number of esters is 2. The van der Waals surface area contributed by atoms with Gasteiger partial charge in [0.1, 0.15) is 5.75 Å². The summed E-state index contributed by atoms with van der Waals surface area (Å²) in [6.45, 7) is 4.43. The Morgan fingerprint density at radius 2 is 2.00 bits per heavy atom. The summed E-state index contributed by atoms with van der Waals surface area (Å²) in [5, 5.41) is 0. The number of carbonyl (C=O) groups excluding carboxylic acids is 2. The maximum Gasteiger partial charge on any atom is 0.308 e. The number of carbonyl (C=O) groups is 2. The SMILES string of the molecule is CC(=O)OC[N+]1(C)CC[C@]23CCCC[C@H]2[C@H]1Cc1ccc(OC(C)=O)cc13. The molecule has 146 valence electrons. The number of likely N-dealkylation sites (N-methyl/N-ethyl adjacent to an activating group) is 1. The predicted molar refractivity (Wildman–Crippen MR) is 101 cm³/mol. The molecule has 5 nitrogen and oxygen atoms in total. The van der Waals surface area contributed by atoms with Crippen molar-refractivity contribution in [2.45, 2.75) is 63.8 Å². The fourth-order valence-electron chi connectivity index (χ4n) is 6.07. The van der Waals surface area contributed by atoms with Gasteiger partial charge in [-0.15, -0.1) is 0 Å². The average molecular weight is 372 g/mol. The van der Waals surface area contributed by atoms with Crippen molar-refractivity contribution in [1.82, 2.24) is 0 Å². The molecule has 27 heavy (non-hydrogen) atoms. The minimum Gasteiger partial charge on any atom is -0.427 e. The van der Waals surface area contributed by atoms with Crippen molar-refractivity contribution in [3.63, 3.8) is 0 Å². The lowest BCUT2D eigenvalue weighted by molar-refractivity contribution is -0.959. The summed E-state index contributed by atoms with van der Waals surface area (Å²) >= 11 is 0. The van der Waals surface area contributed by atoms with Crippen LogP contribution in [-0.2, 0) is 26.2 Å². The van der Waals surface area contributed by atoms with E-state index in [1.54, 1.807) is 0 Å². The Labute approximate surface area is 161 Å². The third kappa shape index (κ3) is 3.06. The number of nitrogens with zero attached hydrogens (tertiary/aromatic N) is 1. The first-order valence-electron chi connectivity index (χ1n) is 10.1. The molecule has 1 unspecified atom stereocenters. The lowest BCUT2D eigenvalue weighted by Crippen LogP contribution is -2.69. The number of likely N-dealkylation sites (tertiary alicyclic amines) is 1. The minimum atomic E-state index is -0.268. The predicted octanol–water partition coefficient (Wildman–Crippen LogP) is 3.34. The zero-order valence-corrected chi connectivity index (χ0v) is 16.6. The van der Waals surface area contributed by atoms with Crippen LogP contribution in [0.2, 0.25) is 0 Å².